The molecule has 0 aliphatic carbocycles. The van der Waals surface area contributed by atoms with E-state index in [0.717, 1.165) is 27.0 Å². The molecule has 1 atom stereocenters. The van der Waals surface area contributed by atoms with Crippen molar-refractivity contribution in [2.45, 2.75) is 19.5 Å². The van der Waals surface area contributed by atoms with Crippen LogP contribution in [0.15, 0.2) is 28.9 Å². The second-order valence-electron chi connectivity index (χ2n) is 4.80. The lowest BCUT2D eigenvalue weighted by Gasteiger charge is -2.17. The number of aryl methyl sites for hydroxylation is 1. The van der Waals surface area contributed by atoms with Crippen molar-refractivity contribution < 1.29 is 9.47 Å². The number of hydrogen-bond acceptors (Lipinski definition) is 4. The highest BCUT2D eigenvalue weighted by Gasteiger charge is 2.19. The van der Waals surface area contributed by atoms with Crippen molar-refractivity contribution >= 4 is 15.9 Å². The number of nitrogens with zero attached hydrogens (tertiary/aromatic N) is 2. The van der Waals surface area contributed by atoms with Gasteiger partial charge in [0, 0.05) is 7.11 Å². The van der Waals surface area contributed by atoms with Crippen molar-refractivity contribution in [1.29, 1.82) is 0 Å². The third kappa shape index (κ3) is 3.45. The number of methoxy groups -OCH3 is 2. The summed E-state index contributed by atoms with van der Waals surface area (Å²) in [6.07, 6.45) is 1.76. The molecule has 2 rings (SSSR count). The van der Waals surface area contributed by atoms with E-state index < -0.39 is 0 Å². The molecule has 1 unspecified atom stereocenters. The molecule has 0 aliphatic rings. The Kier molecular flexibility index (Phi) is 5.39. The summed E-state index contributed by atoms with van der Waals surface area (Å²) in [4.78, 5) is 0. The van der Waals surface area contributed by atoms with Gasteiger partial charge in [-0.15, -0.1) is 0 Å². The van der Waals surface area contributed by atoms with Crippen molar-refractivity contribution in [2.75, 3.05) is 20.8 Å². The molecule has 1 aromatic heterocycles. The standard InChI is InChI=1S/C15H20BrN3O2/c1-10-4-5-11(8-13(10)21-3)14(17)15-12(16)9-18-19(15)6-7-20-2/h4-5,8-9,14H,6-7,17H2,1-3H3. The maximum Gasteiger partial charge on any atom is 0.122 e. The Morgan fingerprint density at radius 2 is 2.14 bits per heavy atom. The number of halogens is 1. The number of benzene rings is 1. The van der Waals surface area contributed by atoms with Gasteiger partial charge in [0.25, 0.3) is 0 Å². The monoisotopic (exact) mass is 353 g/mol. The summed E-state index contributed by atoms with van der Waals surface area (Å²) in [6.45, 7) is 3.26. The Bertz CT molecular complexity index is 613. The molecule has 0 spiro atoms. The van der Waals surface area contributed by atoms with E-state index in [9.17, 15) is 0 Å². The third-order valence-corrected chi connectivity index (χ3v) is 4.04. The van der Waals surface area contributed by atoms with Crippen LogP contribution in [0.1, 0.15) is 22.9 Å². The molecule has 0 radical (unpaired) electrons. The summed E-state index contributed by atoms with van der Waals surface area (Å²) in [6, 6.07) is 5.72. The van der Waals surface area contributed by atoms with Crippen molar-refractivity contribution in [3.8, 4) is 5.75 Å². The van der Waals surface area contributed by atoms with Gasteiger partial charge in [0.2, 0.25) is 0 Å². The molecule has 114 valence electrons. The Balaban J connectivity index is 2.35. The fraction of sp³-hybridized carbons (Fsp3) is 0.400. The van der Waals surface area contributed by atoms with E-state index in [1.54, 1.807) is 20.4 Å². The Labute approximate surface area is 133 Å². The van der Waals surface area contributed by atoms with Gasteiger partial charge in [-0.2, -0.15) is 5.10 Å². The van der Waals surface area contributed by atoms with Crippen molar-refractivity contribution in [3.63, 3.8) is 0 Å². The van der Waals surface area contributed by atoms with E-state index in [0.29, 0.717) is 13.2 Å². The van der Waals surface area contributed by atoms with E-state index in [1.807, 2.05) is 29.8 Å². The van der Waals surface area contributed by atoms with Crippen LogP contribution in [0.25, 0.3) is 0 Å². The van der Waals surface area contributed by atoms with E-state index in [-0.39, 0.29) is 6.04 Å². The van der Waals surface area contributed by atoms with Crippen molar-refractivity contribution in [3.05, 3.63) is 45.7 Å². The average Bonchev–Trinajstić information content (AvgIpc) is 2.85. The lowest BCUT2D eigenvalue weighted by molar-refractivity contribution is 0.182. The number of ether oxygens (including phenoxy) is 2. The maximum absolute atomic E-state index is 6.42. The lowest BCUT2D eigenvalue weighted by atomic mass is 10.0. The minimum atomic E-state index is -0.284. The molecule has 0 amide bonds. The predicted octanol–water partition coefficient (Wildman–Crippen LogP) is 2.66. The summed E-state index contributed by atoms with van der Waals surface area (Å²) >= 11 is 3.52. The van der Waals surface area contributed by atoms with E-state index in [4.69, 9.17) is 15.2 Å². The molecule has 0 saturated carbocycles. The molecule has 0 bridgehead atoms. The van der Waals surface area contributed by atoms with Crippen LogP contribution in [0.3, 0.4) is 0 Å². The first-order valence-corrected chi connectivity index (χ1v) is 7.48. The average molecular weight is 354 g/mol. The minimum Gasteiger partial charge on any atom is -0.496 e. The van der Waals surface area contributed by atoms with E-state index in [1.165, 1.54) is 0 Å². The van der Waals surface area contributed by atoms with Crippen LogP contribution in [-0.4, -0.2) is 30.6 Å². The van der Waals surface area contributed by atoms with Gasteiger partial charge in [-0.05, 0) is 40.0 Å². The number of hydrogen-bond donors (Lipinski definition) is 1. The van der Waals surface area contributed by atoms with Gasteiger partial charge in [-0.1, -0.05) is 12.1 Å². The van der Waals surface area contributed by atoms with Gasteiger partial charge >= 0.3 is 0 Å². The summed E-state index contributed by atoms with van der Waals surface area (Å²) in [5.41, 5.74) is 9.42. The van der Waals surface area contributed by atoms with Crippen LogP contribution in [0, 0.1) is 6.92 Å². The van der Waals surface area contributed by atoms with Crippen LogP contribution in [0.5, 0.6) is 5.75 Å². The van der Waals surface area contributed by atoms with Crippen molar-refractivity contribution in [2.24, 2.45) is 5.73 Å². The van der Waals surface area contributed by atoms with Crippen molar-refractivity contribution in [1.82, 2.24) is 9.78 Å². The summed E-state index contributed by atoms with van der Waals surface area (Å²) in [7, 11) is 3.33. The number of aromatic nitrogens is 2. The fourth-order valence-corrected chi connectivity index (χ4v) is 2.77. The number of rotatable bonds is 6. The summed E-state index contributed by atoms with van der Waals surface area (Å²) in [5.74, 6) is 0.835. The highest BCUT2D eigenvalue weighted by Crippen LogP contribution is 2.29. The molecule has 5 nitrogen and oxygen atoms in total. The molecule has 6 heteroatoms. The van der Waals surface area contributed by atoms with Crippen LogP contribution < -0.4 is 10.5 Å². The van der Waals surface area contributed by atoms with Crippen LogP contribution >= 0.6 is 15.9 Å². The largest absolute Gasteiger partial charge is 0.496 e. The minimum absolute atomic E-state index is 0.284. The molecule has 0 fully saturated rings. The van der Waals surface area contributed by atoms with E-state index >= 15 is 0 Å². The molecular weight excluding hydrogens is 334 g/mol. The lowest BCUT2D eigenvalue weighted by Crippen LogP contribution is -2.19. The molecule has 1 aromatic carbocycles. The number of nitrogens with two attached hydrogens (primary N) is 1. The predicted molar refractivity (Wildman–Crippen MR) is 85.6 cm³/mol. The molecule has 0 aliphatic heterocycles. The van der Waals surface area contributed by atoms with Crippen LogP contribution in [-0.2, 0) is 11.3 Å². The molecule has 1 heterocycles. The summed E-state index contributed by atoms with van der Waals surface area (Å²) in [5, 5.41) is 4.34. The smallest absolute Gasteiger partial charge is 0.122 e. The first-order valence-electron chi connectivity index (χ1n) is 6.68. The zero-order valence-corrected chi connectivity index (χ0v) is 14.1. The maximum atomic E-state index is 6.42. The second-order valence-corrected chi connectivity index (χ2v) is 5.65. The quantitative estimate of drug-likeness (QED) is 0.866. The second kappa shape index (κ2) is 7.06. The SMILES string of the molecule is COCCn1ncc(Br)c1C(N)c1ccc(C)c(OC)c1. The van der Waals surface area contributed by atoms with Crippen LogP contribution in [0.4, 0.5) is 0 Å². The first-order chi connectivity index (χ1) is 10.1. The zero-order chi connectivity index (χ0) is 15.4. The zero-order valence-electron chi connectivity index (χ0n) is 12.5. The highest BCUT2D eigenvalue weighted by molar-refractivity contribution is 9.10. The molecule has 2 aromatic rings. The molecule has 21 heavy (non-hydrogen) atoms. The van der Waals surface area contributed by atoms with Crippen LogP contribution in [0.2, 0.25) is 0 Å². The first kappa shape index (κ1) is 16.0. The van der Waals surface area contributed by atoms with Gasteiger partial charge < -0.3 is 15.2 Å². The fourth-order valence-electron chi connectivity index (χ4n) is 2.22. The molecule has 2 N–H and O–H groups in total. The highest BCUT2D eigenvalue weighted by atomic mass is 79.9. The van der Waals surface area contributed by atoms with Gasteiger partial charge in [0.05, 0.1) is 42.7 Å². The van der Waals surface area contributed by atoms with Gasteiger partial charge in [0.15, 0.2) is 0 Å². The Morgan fingerprint density at radius 3 is 2.81 bits per heavy atom. The van der Waals surface area contributed by atoms with E-state index in [2.05, 4.69) is 21.0 Å². The molecular formula is C15H20BrN3O2. The Morgan fingerprint density at radius 1 is 1.38 bits per heavy atom. The van der Waals surface area contributed by atoms with Gasteiger partial charge in [0.1, 0.15) is 5.75 Å². The van der Waals surface area contributed by atoms with Gasteiger partial charge in [-0.3, -0.25) is 4.68 Å². The topological polar surface area (TPSA) is 62.3 Å². The molecule has 0 saturated heterocycles. The normalized spacial score (nSPS) is 12.4. The van der Waals surface area contributed by atoms with Gasteiger partial charge in [-0.25, -0.2) is 0 Å². The summed E-state index contributed by atoms with van der Waals surface area (Å²) < 4.78 is 13.2. The Hall–Kier alpha value is -1.37. The third-order valence-electron chi connectivity index (χ3n) is 3.43.